The number of phenolic OH excluding ortho intramolecular Hbond substituents is 1. The predicted octanol–water partition coefficient (Wildman–Crippen LogP) is 2.44. The molecule has 1 aliphatic rings. The third kappa shape index (κ3) is 4.11. The number of carbonyl (C=O) groups is 1. The Labute approximate surface area is 125 Å². The molecule has 0 bridgehead atoms. The summed E-state index contributed by atoms with van der Waals surface area (Å²) < 4.78 is 5.42. The Kier molecular flexibility index (Phi) is 4.42. The molecule has 2 rings (SSSR count). The maximum Gasteiger partial charge on any atom is 0.410 e. The highest BCUT2D eigenvalue weighted by Crippen LogP contribution is 2.29. The number of hydrogen-bond acceptors (Lipinski definition) is 4. The molecule has 0 aliphatic carbocycles. The fourth-order valence-electron chi connectivity index (χ4n) is 2.57. The van der Waals surface area contributed by atoms with Gasteiger partial charge in [-0.15, -0.1) is 0 Å². The number of benzene rings is 1. The lowest BCUT2D eigenvalue weighted by atomic mass is 9.86. The van der Waals surface area contributed by atoms with Gasteiger partial charge >= 0.3 is 6.09 Å². The van der Waals surface area contributed by atoms with Gasteiger partial charge in [0.25, 0.3) is 0 Å². The molecule has 0 aromatic heterocycles. The van der Waals surface area contributed by atoms with Crippen molar-refractivity contribution in [3.8, 4) is 5.75 Å². The normalized spacial score (nSPS) is 23.0. The summed E-state index contributed by atoms with van der Waals surface area (Å²) in [6, 6.07) is 7.05. The Morgan fingerprint density at radius 3 is 2.76 bits per heavy atom. The Morgan fingerprint density at radius 2 is 2.14 bits per heavy atom. The highest BCUT2D eigenvalue weighted by Gasteiger charge is 2.32. The van der Waals surface area contributed by atoms with Crippen LogP contribution in [0.2, 0.25) is 0 Å². The van der Waals surface area contributed by atoms with E-state index < -0.39 is 5.60 Å². The minimum atomic E-state index is -0.503. The van der Waals surface area contributed by atoms with Gasteiger partial charge in [-0.3, -0.25) is 0 Å². The molecule has 1 amide bonds. The van der Waals surface area contributed by atoms with E-state index >= 15 is 0 Å². The van der Waals surface area contributed by atoms with E-state index in [9.17, 15) is 9.90 Å². The van der Waals surface area contributed by atoms with E-state index in [2.05, 4.69) is 0 Å². The first-order valence-electron chi connectivity index (χ1n) is 7.29. The Balaban J connectivity index is 2.11. The first-order chi connectivity index (χ1) is 9.76. The maximum absolute atomic E-state index is 12.2. The second kappa shape index (κ2) is 5.93. The molecule has 0 radical (unpaired) electrons. The van der Waals surface area contributed by atoms with Crippen molar-refractivity contribution in [2.24, 2.45) is 5.73 Å². The van der Waals surface area contributed by atoms with Gasteiger partial charge in [-0.1, -0.05) is 12.1 Å². The second-order valence-corrected chi connectivity index (χ2v) is 6.58. The number of rotatable bonds is 1. The topological polar surface area (TPSA) is 75.8 Å². The molecule has 1 aromatic carbocycles. The van der Waals surface area contributed by atoms with Crippen LogP contribution in [0.5, 0.6) is 5.75 Å². The molecular weight excluding hydrogens is 268 g/mol. The monoisotopic (exact) mass is 292 g/mol. The van der Waals surface area contributed by atoms with Crippen LogP contribution in [0.4, 0.5) is 4.79 Å². The Bertz CT molecular complexity index is 510. The van der Waals surface area contributed by atoms with Crippen molar-refractivity contribution < 1.29 is 14.6 Å². The smallest absolute Gasteiger partial charge is 0.410 e. The minimum absolute atomic E-state index is 0.0124. The zero-order valence-corrected chi connectivity index (χ0v) is 12.9. The van der Waals surface area contributed by atoms with Crippen molar-refractivity contribution in [3.63, 3.8) is 0 Å². The van der Waals surface area contributed by atoms with E-state index in [0.29, 0.717) is 13.1 Å². The molecule has 3 N–H and O–H groups in total. The van der Waals surface area contributed by atoms with Crippen LogP contribution >= 0.6 is 0 Å². The summed E-state index contributed by atoms with van der Waals surface area (Å²) in [6.45, 7) is 6.68. The van der Waals surface area contributed by atoms with Crippen molar-refractivity contribution in [3.05, 3.63) is 29.8 Å². The molecular formula is C16H24N2O3. The third-order valence-corrected chi connectivity index (χ3v) is 3.62. The zero-order chi connectivity index (χ0) is 15.6. The van der Waals surface area contributed by atoms with Gasteiger partial charge in [0.2, 0.25) is 0 Å². The van der Waals surface area contributed by atoms with Crippen molar-refractivity contribution in [2.45, 2.75) is 44.8 Å². The SMILES string of the molecule is CC(C)(C)OC(=O)N1CCC(N)C(c2cccc(O)c2)C1. The standard InChI is InChI=1S/C16H24N2O3/c1-16(2,3)21-15(20)18-8-7-14(17)13(10-18)11-5-4-6-12(19)9-11/h4-6,9,13-14,19H,7-8,10,17H2,1-3H3. The highest BCUT2D eigenvalue weighted by molar-refractivity contribution is 5.68. The van der Waals surface area contributed by atoms with Gasteiger partial charge in [0.15, 0.2) is 0 Å². The van der Waals surface area contributed by atoms with E-state index in [1.807, 2.05) is 26.8 Å². The summed E-state index contributed by atoms with van der Waals surface area (Å²) in [6.07, 6.45) is 0.416. The summed E-state index contributed by atoms with van der Waals surface area (Å²) in [5, 5.41) is 9.61. The molecule has 116 valence electrons. The number of likely N-dealkylation sites (tertiary alicyclic amines) is 1. The quantitative estimate of drug-likeness (QED) is 0.833. The average Bonchev–Trinajstić information content (AvgIpc) is 2.37. The summed E-state index contributed by atoms with van der Waals surface area (Å²) >= 11 is 0. The van der Waals surface area contributed by atoms with E-state index in [-0.39, 0.29) is 23.8 Å². The van der Waals surface area contributed by atoms with Gasteiger partial charge in [0.1, 0.15) is 11.4 Å². The van der Waals surface area contributed by atoms with Crippen LogP contribution in [-0.2, 0) is 4.74 Å². The lowest BCUT2D eigenvalue weighted by Gasteiger charge is -2.37. The van der Waals surface area contributed by atoms with Gasteiger partial charge < -0.3 is 20.5 Å². The lowest BCUT2D eigenvalue weighted by molar-refractivity contribution is 0.0186. The van der Waals surface area contributed by atoms with Gasteiger partial charge in [-0.25, -0.2) is 4.79 Å². The van der Waals surface area contributed by atoms with Crippen molar-refractivity contribution in [1.29, 1.82) is 0 Å². The van der Waals surface area contributed by atoms with Crippen LogP contribution < -0.4 is 5.73 Å². The van der Waals surface area contributed by atoms with Crippen molar-refractivity contribution in [2.75, 3.05) is 13.1 Å². The first kappa shape index (κ1) is 15.6. The number of aromatic hydroxyl groups is 1. The van der Waals surface area contributed by atoms with Gasteiger partial charge in [0.05, 0.1) is 0 Å². The van der Waals surface area contributed by atoms with Crippen LogP contribution in [0.15, 0.2) is 24.3 Å². The van der Waals surface area contributed by atoms with Crippen molar-refractivity contribution in [1.82, 2.24) is 4.90 Å². The van der Waals surface area contributed by atoms with Gasteiger partial charge in [-0.2, -0.15) is 0 Å². The van der Waals surface area contributed by atoms with Crippen LogP contribution in [0.1, 0.15) is 38.7 Å². The molecule has 1 saturated heterocycles. The van der Waals surface area contributed by atoms with Crippen LogP contribution in [-0.4, -0.2) is 40.8 Å². The molecule has 1 fully saturated rings. The van der Waals surface area contributed by atoms with E-state index in [4.69, 9.17) is 10.5 Å². The van der Waals surface area contributed by atoms with E-state index in [1.165, 1.54) is 0 Å². The molecule has 5 heteroatoms. The molecule has 1 aliphatic heterocycles. The number of nitrogens with two attached hydrogens (primary N) is 1. The number of carbonyl (C=O) groups excluding carboxylic acids is 1. The van der Waals surface area contributed by atoms with Crippen molar-refractivity contribution >= 4 is 6.09 Å². The number of nitrogens with zero attached hydrogens (tertiary/aromatic N) is 1. The van der Waals surface area contributed by atoms with E-state index in [1.54, 1.807) is 23.1 Å². The number of amides is 1. The van der Waals surface area contributed by atoms with Crippen LogP contribution in [0.25, 0.3) is 0 Å². The largest absolute Gasteiger partial charge is 0.508 e. The first-order valence-corrected chi connectivity index (χ1v) is 7.29. The summed E-state index contributed by atoms with van der Waals surface area (Å²) in [5.41, 5.74) is 6.64. The third-order valence-electron chi connectivity index (χ3n) is 3.62. The molecule has 2 unspecified atom stereocenters. The number of ether oxygens (including phenoxy) is 1. The highest BCUT2D eigenvalue weighted by atomic mass is 16.6. The average molecular weight is 292 g/mol. The maximum atomic E-state index is 12.2. The molecule has 2 atom stereocenters. The fraction of sp³-hybridized carbons (Fsp3) is 0.562. The van der Waals surface area contributed by atoms with Crippen LogP contribution in [0.3, 0.4) is 0 Å². The van der Waals surface area contributed by atoms with Gasteiger partial charge in [-0.05, 0) is 44.9 Å². The summed E-state index contributed by atoms with van der Waals surface area (Å²) in [5.74, 6) is 0.229. The molecule has 1 aromatic rings. The second-order valence-electron chi connectivity index (χ2n) is 6.58. The Hall–Kier alpha value is -1.75. The fourth-order valence-corrected chi connectivity index (χ4v) is 2.57. The summed E-state index contributed by atoms with van der Waals surface area (Å²) in [4.78, 5) is 13.9. The van der Waals surface area contributed by atoms with Gasteiger partial charge in [0, 0.05) is 25.0 Å². The minimum Gasteiger partial charge on any atom is -0.508 e. The number of piperidine rings is 1. The zero-order valence-electron chi connectivity index (χ0n) is 12.9. The molecule has 0 spiro atoms. The number of phenols is 1. The van der Waals surface area contributed by atoms with E-state index in [0.717, 1.165) is 12.0 Å². The number of hydrogen-bond donors (Lipinski definition) is 2. The van der Waals surface area contributed by atoms with Crippen LogP contribution in [0, 0.1) is 0 Å². The molecule has 1 heterocycles. The molecule has 21 heavy (non-hydrogen) atoms. The lowest BCUT2D eigenvalue weighted by Crippen LogP contribution is -2.49. The summed E-state index contributed by atoms with van der Waals surface area (Å²) in [7, 11) is 0. The molecule has 0 saturated carbocycles. The Morgan fingerprint density at radius 1 is 1.43 bits per heavy atom. The predicted molar refractivity (Wildman–Crippen MR) is 81.2 cm³/mol. The molecule has 5 nitrogen and oxygen atoms in total.